The van der Waals surface area contributed by atoms with Gasteiger partial charge in [0.2, 0.25) is 0 Å². The number of benzene rings is 2. The molecule has 0 atom stereocenters. The van der Waals surface area contributed by atoms with Crippen LogP contribution in [0.1, 0.15) is 29.4 Å². The van der Waals surface area contributed by atoms with E-state index in [0.717, 1.165) is 40.9 Å². The summed E-state index contributed by atoms with van der Waals surface area (Å²) in [5.74, 6) is 1.62. The van der Waals surface area contributed by atoms with Crippen molar-refractivity contribution in [3.8, 4) is 11.4 Å². The molecule has 160 valence electrons. The molecule has 1 heterocycles. The van der Waals surface area contributed by atoms with Crippen LogP contribution in [0.25, 0.3) is 5.69 Å². The lowest BCUT2D eigenvalue weighted by Gasteiger charge is -2.12. The third-order valence-corrected chi connectivity index (χ3v) is 4.77. The van der Waals surface area contributed by atoms with Crippen LogP contribution in [0, 0.1) is 13.8 Å². The van der Waals surface area contributed by atoms with Crippen LogP contribution in [0.15, 0.2) is 59.6 Å². The minimum atomic E-state index is 0. The van der Waals surface area contributed by atoms with Gasteiger partial charge in [0.25, 0.3) is 0 Å². The number of hydrogen-bond donors (Lipinski definition) is 2. The molecule has 0 bridgehead atoms. The van der Waals surface area contributed by atoms with E-state index in [1.165, 1.54) is 5.56 Å². The number of nitrogens with zero attached hydrogens (tertiary/aromatic N) is 3. The van der Waals surface area contributed by atoms with Crippen molar-refractivity contribution in [3.05, 3.63) is 77.1 Å². The largest absolute Gasteiger partial charge is 0.497 e. The molecule has 3 aromatic rings. The van der Waals surface area contributed by atoms with E-state index in [1.807, 2.05) is 54.1 Å². The molecule has 0 aliphatic heterocycles. The average Bonchev–Trinajstić information content (AvgIpc) is 3.04. The SMILES string of the molecule is CCNC(=NCc1cccc(OC)c1)NCc1c(C)nn(-c2ccccc2)c1C.I. The first-order valence-electron chi connectivity index (χ1n) is 9.88. The number of aromatic nitrogens is 2. The maximum atomic E-state index is 5.29. The fourth-order valence-electron chi connectivity index (χ4n) is 3.21. The molecule has 0 saturated heterocycles. The highest BCUT2D eigenvalue weighted by molar-refractivity contribution is 14.0. The Labute approximate surface area is 195 Å². The summed E-state index contributed by atoms with van der Waals surface area (Å²) in [4.78, 5) is 4.71. The van der Waals surface area contributed by atoms with Crippen molar-refractivity contribution in [2.24, 2.45) is 4.99 Å². The molecule has 3 rings (SSSR count). The number of halogens is 1. The van der Waals surface area contributed by atoms with Crippen LogP contribution in [-0.2, 0) is 13.1 Å². The number of aliphatic imine (C=N–C) groups is 1. The molecule has 0 aliphatic carbocycles. The number of methoxy groups -OCH3 is 1. The first-order chi connectivity index (χ1) is 14.1. The third-order valence-electron chi connectivity index (χ3n) is 4.77. The molecule has 6 nitrogen and oxygen atoms in total. The Morgan fingerprint density at radius 1 is 1.07 bits per heavy atom. The first kappa shape index (κ1) is 23.7. The van der Waals surface area contributed by atoms with Crippen molar-refractivity contribution in [3.63, 3.8) is 0 Å². The van der Waals surface area contributed by atoms with E-state index in [-0.39, 0.29) is 24.0 Å². The molecule has 0 saturated carbocycles. The molecular weight excluding hydrogens is 489 g/mol. The van der Waals surface area contributed by atoms with Gasteiger partial charge in [0, 0.05) is 24.3 Å². The fourth-order valence-corrected chi connectivity index (χ4v) is 3.21. The highest BCUT2D eigenvalue weighted by Gasteiger charge is 2.13. The second-order valence-corrected chi connectivity index (χ2v) is 6.80. The van der Waals surface area contributed by atoms with Gasteiger partial charge in [0.05, 0.1) is 25.0 Å². The lowest BCUT2D eigenvalue weighted by atomic mass is 10.2. The zero-order chi connectivity index (χ0) is 20.6. The van der Waals surface area contributed by atoms with Gasteiger partial charge in [-0.1, -0.05) is 30.3 Å². The summed E-state index contributed by atoms with van der Waals surface area (Å²) in [7, 11) is 1.67. The van der Waals surface area contributed by atoms with Crippen molar-refractivity contribution in [2.75, 3.05) is 13.7 Å². The van der Waals surface area contributed by atoms with Crippen molar-refractivity contribution in [1.29, 1.82) is 0 Å². The summed E-state index contributed by atoms with van der Waals surface area (Å²) in [6.45, 7) is 8.24. The van der Waals surface area contributed by atoms with Gasteiger partial charge in [-0.25, -0.2) is 9.67 Å². The number of hydrogen-bond acceptors (Lipinski definition) is 3. The fraction of sp³-hybridized carbons (Fsp3) is 0.304. The summed E-state index contributed by atoms with van der Waals surface area (Å²) in [5, 5.41) is 11.5. The van der Waals surface area contributed by atoms with E-state index >= 15 is 0 Å². The van der Waals surface area contributed by atoms with Gasteiger partial charge in [0.1, 0.15) is 5.75 Å². The summed E-state index contributed by atoms with van der Waals surface area (Å²) >= 11 is 0. The maximum Gasteiger partial charge on any atom is 0.191 e. The molecule has 0 aliphatic rings. The van der Waals surface area contributed by atoms with Crippen molar-refractivity contribution in [2.45, 2.75) is 33.9 Å². The Morgan fingerprint density at radius 3 is 2.53 bits per heavy atom. The monoisotopic (exact) mass is 519 g/mol. The van der Waals surface area contributed by atoms with Crippen LogP contribution in [0.3, 0.4) is 0 Å². The highest BCUT2D eigenvalue weighted by atomic mass is 127. The van der Waals surface area contributed by atoms with Gasteiger partial charge in [-0.2, -0.15) is 5.10 Å². The van der Waals surface area contributed by atoms with E-state index in [9.17, 15) is 0 Å². The Hall–Kier alpha value is -2.55. The van der Waals surface area contributed by atoms with Crippen LogP contribution in [0.2, 0.25) is 0 Å². The van der Waals surface area contributed by atoms with Crippen LogP contribution in [-0.4, -0.2) is 29.4 Å². The first-order valence-corrected chi connectivity index (χ1v) is 9.88. The van der Waals surface area contributed by atoms with Crippen molar-refractivity contribution >= 4 is 29.9 Å². The number of rotatable bonds is 7. The lowest BCUT2D eigenvalue weighted by molar-refractivity contribution is 0.414. The Kier molecular flexibility index (Phi) is 9.16. The van der Waals surface area contributed by atoms with E-state index in [2.05, 4.69) is 36.6 Å². The van der Waals surface area contributed by atoms with Gasteiger partial charge >= 0.3 is 0 Å². The van der Waals surface area contributed by atoms with Crippen LogP contribution >= 0.6 is 24.0 Å². The highest BCUT2D eigenvalue weighted by Crippen LogP contribution is 2.17. The average molecular weight is 519 g/mol. The van der Waals surface area contributed by atoms with Crippen LogP contribution in [0.4, 0.5) is 0 Å². The standard InChI is InChI=1S/C23H29N5O.HI/c1-5-24-23(25-15-19-10-9-13-21(14-19)29-4)26-16-22-17(2)27-28(18(22)3)20-11-7-6-8-12-20;/h6-14H,5,15-16H2,1-4H3,(H2,24,25,26);1H. The Morgan fingerprint density at radius 2 is 1.83 bits per heavy atom. The van der Waals surface area contributed by atoms with E-state index in [1.54, 1.807) is 7.11 Å². The van der Waals surface area contributed by atoms with E-state index in [4.69, 9.17) is 14.8 Å². The zero-order valence-electron chi connectivity index (χ0n) is 18.0. The van der Waals surface area contributed by atoms with Crippen molar-refractivity contribution < 1.29 is 4.74 Å². The predicted molar refractivity (Wildman–Crippen MR) is 133 cm³/mol. The van der Waals surface area contributed by atoms with Gasteiger partial charge in [-0.3, -0.25) is 0 Å². The zero-order valence-corrected chi connectivity index (χ0v) is 20.3. The van der Waals surface area contributed by atoms with Gasteiger partial charge in [-0.15, -0.1) is 24.0 Å². The summed E-state index contributed by atoms with van der Waals surface area (Å²) < 4.78 is 7.28. The molecule has 0 spiro atoms. The van der Waals surface area contributed by atoms with Crippen molar-refractivity contribution in [1.82, 2.24) is 20.4 Å². The lowest BCUT2D eigenvalue weighted by Crippen LogP contribution is -2.37. The van der Waals surface area contributed by atoms with Crippen LogP contribution in [0.5, 0.6) is 5.75 Å². The smallest absolute Gasteiger partial charge is 0.191 e. The minimum absolute atomic E-state index is 0. The van der Waals surface area contributed by atoms with E-state index < -0.39 is 0 Å². The normalized spacial score (nSPS) is 11.0. The molecule has 0 fully saturated rings. The molecule has 0 unspecified atom stereocenters. The topological polar surface area (TPSA) is 63.5 Å². The van der Waals surface area contributed by atoms with Gasteiger partial charge in [-0.05, 0) is 50.6 Å². The molecule has 0 amide bonds. The second kappa shape index (κ2) is 11.6. The quantitative estimate of drug-likeness (QED) is 0.277. The molecular formula is C23H30IN5O. The van der Waals surface area contributed by atoms with Crippen LogP contribution < -0.4 is 15.4 Å². The summed E-state index contributed by atoms with van der Waals surface area (Å²) in [6.07, 6.45) is 0. The van der Waals surface area contributed by atoms with Gasteiger partial charge in [0.15, 0.2) is 5.96 Å². The summed E-state index contributed by atoms with van der Waals surface area (Å²) in [6, 6.07) is 18.2. The molecule has 30 heavy (non-hydrogen) atoms. The number of nitrogens with one attached hydrogen (secondary N) is 2. The predicted octanol–water partition coefficient (Wildman–Crippen LogP) is 4.37. The third kappa shape index (κ3) is 5.98. The number of guanidine groups is 1. The molecule has 1 aromatic heterocycles. The minimum Gasteiger partial charge on any atom is -0.497 e. The number of aryl methyl sites for hydroxylation is 1. The number of para-hydroxylation sites is 1. The Bertz CT molecular complexity index is 969. The molecule has 2 N–H and O–H groups in total. The van der Waals surface area contributed by atoms with Gasteiger partial charge < -0.3 is 15.4 Å². The summed E-state index contributed by atoms with van der Waals surface area (Å²) in [5.41, 5.74) is 5.50. The Balaban J connectivity index is 0.00000320. The van der Waals surface area contributed by atoms with E-state index in [0.29, 0.717) is 13.1 Å². The maximum absolute atomic E-state index is 5.29. The molecule has 7 heteroatoms. The molecule has 2 aromatic carbocycles. The molecule has 0 radical (unpaired) electrons. The number of ether oxygens (including phenoxy) is 1. The second-order valence-electron chi connectivity index (χ2n) is 6.80.